The van der Waals surface area contributed by atoms with Crippen LogP contribution in [0.25, 0.3) is 0 Å². The smallest absolute Gasteiger partial charge is 0.418 e. The van der Waals surface area contributed by atoms with Crippen LogP contribution in [0.5, 0.6) is 5.75 Å². The Bertz CT molecular complexity index is 367. The molecule has 0 aromatic heterocycles. The van der Waals surface area contributed by atoms with Gasteiger partial charge < -0.3 is 15.9 Å². The fourth-order valence-electron chi connectivity index (χ4n) is 1.26. The summed E-state index contributed by atoms with van der Waals surface area (Å²) < 4.78 is 37.5. The average Bonchev–Trinajstić information content (AvgIpc) is 2.19. The standard InChI is InChI=1S/C10H12F3NO2/c11-10(12,13)9(16,6-14)5-7-3-1-2-4-8(7)15/h1-4,15-16H,5-6,14H2. The predicted molar refractivity (Wildman–Crippen MR) is 51.9 cm³/mol. The molecule has 0 aliphatic rings. The zero-order chi connectivity index (χ0) is 12.4. The van der Waals surface area contributed by atoms with Gasteiger partial charge in [-0.1, -0.05) is 18.2 Å². The molecular formula is C10H12F3NO2. The van der Waals surface area contributed by atoms with E-state index in [1.54, 1.807) is 0 Å². The summed E-state index contributed by atoms with van der Waals surface area (Å²) >= 11 is 0. The summed E-state index contributed by atoms with van der Waals surface area (Å²) in [4.78, 5) is 0. The summed E-state index contributed by atoms with van der Waals surface area (Å²) in [5.41, 5.74) is 1.94. The van der Waals surface area contributed by atoms with E-state index in [1.807, 2.05) is 0 Å². The van der Waals surface area contributed by atoms with Crippen molar-refractivity contribution >= 4 is 0 Å². The molecule has 0 amide bonds. The molecule has 90 valence electrons. The van der Waals surface area contributed by atoms with Crippen molar-refractivity contribution in [2.24, 2.45) is 5.73 Å². The number of phenolic OH excluding ortho intramolecular Hbond substituents is 1. The Kier molecular flexibility index (Phi) is 3.44. The van der Waals surface area contributed by atoms with Gasteiger partial charge in [-0.3, -0.25) is 0 Å². The Morgan fingerprint density at radius 3 is 2.19 bits per heavy atom. The van der Waals surface area contributed by atoms with Gasteiger partial charge in [0.15, 0.2) is 5.60 Å². The van der Waals surface area contributed by atoms with E-state index in [2.05, 4.69) is 0 Å². The van der Waals surface area contributed by atoms with Gasteiger partial charge in [0.1, 0.15) is 5.75 Å². The van der Waals surface area contributed by atoms with Crippen molar-refractivity contribution in [3.63, 3.8) is 0 Å². The van der Waals surface area contributed by atoms with E-state index in [-0.39, 0.29) is 11.3 Å². The maximum Gasteiger partial charge on any atom is 0.418 e. The van der Waals surface area contributed by atoms with Crippen LogP contribution in [0.4, 0.5) is 13.2 Å². The highest BCUT2D eigenvalue weighted by molar-refractivity contribution is 5.33. The van der Waals surface area contributed by atoms with Gasteiger partial charge in [-0.15, -0.1) is 0 Å². The lowest BCUT2D eigenvalue weighted by atomic mass is 9.93. The monoisotopic (exact) mass is 235 g/mol. The van der Waals surface area contributed by atoms with E-state index >= 15 is 0 Å². The minimum absolute atomic E-state index is 0.00720. The number of para-hydroxylation sites is 1. The number of phenols is 1. The van der Waals surface area contributed by atoms with Gasteiger partial charge >= 0.3 is 6.18 Å². The van der Waals surface area contributed by atoms with Gasteiger partial charge in [0.05, 0.1) is 0 Å². The number of rotatable bonds is 3. The molecule has 0 fully saturated rings. The summed E-state index contributed by atoms with van der Waals surface area (Å²) in [5, 5.41) is 18.7. The predicted octanol–water partition coefficient (Wildman–Crippen LogP) is 1.19. The molecule has 0 saturated heterocycles. The Morgan fingerprint density at radius 1 is 1.19 bits per heavy atom. The van der Waals surface area contributed by atoms with Crippen LogP contribution in [-0.4, -0.2) is 28.5 Å². The van der Waals surface area contributed by atoms with Crippen molar-refractivity contribution in [1.29, 1.82) is 0 Å². The number of hydrogen-bond acceptors (Lipinski definition) is 3. The van der Waals surface area contributed by atoms with E-state index in [9.17, 15) is 23.4 Å². The van der Waals surface area contributed by atoms with E-state index in [0.29, 0.717) is 0 Å². The molecule has 0 aliphatic heterocycles. The fraction of sp³-hybridized carbons (Fsp3) is 0.400. The highest BCUT2D eigenvalue weighted by Crippen LogP contribution is 2.34. The maximum absolute atomic E-state index is 12.5. The Labute approximate surface area is 90.3 Å². The van der Waals surface area contributed by atoms with Crippen molar-refractivity contribution < 1.29 is 23.4 Å². The second kappa shape index (κ2) is 4.31. The Balaban J connectivity index is 2.99. The molecule has 0 bridgehead atoms. The third kappa shape index (κ3) is 2.45. The molecule has 1 aromatic rings. The highest BCUT2D eigenvalue weighted by Gasteiger charge is 2.52. The van der Waals surface area contributed by atoms with Crippen LogP contribution in [0.15, 0.2) is 24.3 Å². The fourth-order valence-corrected chi connectivity index (χ4v) is 1.26. The first-order valence-electron chi connectivity index (χ1n) is 4.56. The molecule has 1 unspecified atom stereocenters. The summed E-state index contributed by atoms with van der Waals surface area (Å²) in [6.45, 7) is -0.954. The zero-order valence-electron chi connectivity index (χ0n) is 8.33. The molecular weight excluding hydrogens is 223 g/mol. The second-order valence-corrected chi connectivity index (χ2v) is 3.54. The van der Waals surface area contributed by atoms with Gasteiger partial charge in [0, 0.05) is 13.0 Å². The van der Waals surface area contributed by atoms with Crippen LogP contribution < -0.4 is 5.73 Å². The lowest BCUT2D eigenvalue weighted by molar-refractivity contribution is -0.255. The third-order valence-electron chi connectivity index (χ3n) is 2.34. The molecule has 1 atom stereocenters. The molecule has 6 heteroatoms. The van der Waals surface area contributed by atoms with Crippen molar-refractivity contribution in [1.82, 2.24) is 0 Å². The summed E-state index contributed by atoms with van der Waals surface area (Å²) in [7, 11) is 0. The normalized spacial score (nSPS) is 15.8. The molecule has 0 saturated carbocycles. The number of aromatic hydroxyl groups is 1. The van der Waals surface area contributed by atoms with Gasteiger partial charge in [0.2, 0.25) is 0 Å². The van der Waals surface area contributed by atoms with Gasteiger partial charge in [-0.25, -0.2) is 0 Å². The average molecular weight is 235 g/mol. The zero-order valence-corrected chi connectivity index (χ0v) is 8.33. The van der Waals surface area contributed by atoms with Crippen LogP contribution in [0.3, 0.4) is 0 Å². The molecule has 4 N–H and O–H groups in total. The molecule has 0 spiro atoms. The number of aliphatic hydroxyl groups is 1. The van der Waals surface area contributed by atoms with Crippen molar-refractivity contribution in [3.05, 3.63) is 29.8 Å². The minimum Gasteiger partial charge on any atom is -0.508 e. The summed E-state index contributed by atoms with van der Waals surface area (Å²) in [6, 6.07) is 5.51. The van der Waals surface area contributed by atoms with Crippen LogP contribution in [0, 0.1) is 0 Å². The van der Waals surface area contributed by atoms with Crippen molar-refractivity contribution in [2.45, 2.75) is 18.2 Å². The Hall–Kier alpha value is -1.27. The van der Waals surface area contributed by atoms with Gasteiger partial charge in [0.25, 0.3) is 0 Å². The molecule has 1 rings (SSSR count). The van der Waals surface area contributed by atoms with E-state index < -0.39 is 24.7 Å². The largest absolute Gasteiger partial charge is 0.508 e. The lowest BCUT2D eigenvalue weighted by Crippen LogP contribution is -2.52. The van der Waals surface area contributed by atoms with Gasteiger partial charge in [-0.05, 0) is 11.6 Å². The van der Waals surface area contributed by atoms with E-state index in [0.717, 1.165) is 0 Å². The first-order chi connectivity index (χ1) is 7.30. The molecule has 16 heavy (non-hydrogen) atoms. The van der Waals surface area contributed by atoms with E-state index in [1.165, 1.54) is 24.3 Å². The molecule has 0 radical (unpaired) electrons. The quantitative estimate of drug-likeness (QED) is 0.737. The summed E-state index contributed by atoms with van der Waals surface area (Å²) in [5.74, 6) is -0.293. The second-order valence-electron chi connectivity index (χ2n) is 3.54. The number of alkyl halides is 3. The SMILES string of the molecule is NCC(O)(Cc1ccccc1O)C(F)(F)F. The Morgan fingerprint density at radius 2 is 1.75 bits per heavy atom. The minimum atomic E-state index is -4.83. The van der Waals surface area contributed by atoms with E-state index in [4.69, 9.17) is 5.73 Å². The molecule has 0 heterocycles. The van der Waals surface area contributed by atoms with Crippen LogP contribution >= 0.6 is 0 Å². The van der Waals surface area contributed by atoms with Crippen molar-refractivity contribution in [2.75, 3.05) is 6.54 Å². The first kappa shape index (κ1) is 12.8. The van der Waals surface area contributed by atoms with Gasteiger partial charge in [-0.2, -0.15) is 13.2 Å². The molecule has 0 aliphatic carbocycles. The highest BCUT2D eigenvalue weighted by atomic mass is 19.4. The van der Waals surface area contributed by atoms with Crippen molar-refractivity contribution in [3.8, 4) is 5.75 Å². The maximum atomic E-state index is 12.5. The molecule has 1 aromatic carbocycles. The molecule has 3 nitrogen and oxygen atoms in total. The number of hydrogen-bond donors (Lipinski definition) is 3. The van der Waals surface area contributed by atoms with Crippen LogP contribution in [0.2, 0.25) is 0 Å². The third-order valence-corrected chi connectivity index (χ3v) is 2.34. The summed E-state index contributed by atoms with van der Waals surface area (Å²) in [6.07, 6.45) is -5.59. The number of halogens is 3. The topological polar surface area (TPSA) is 66.5 Å². The first-order valence-corrected chi connectivity index (χ1v) is 4.56. The number of benzene rings is 1. The van der Waals surface area contributed by atoms with Crippen LogP contribution in [-0.2, 0) is 6.42 Å². The van der Waals surface area contributed by atoms with Crippen LogP contribution in [0.1, 0.15) is 5.56 Å². The number of nitrogens with two attached hydrogens (primary N) is 1. The lowest BCUT2D eigenvalue weighted by Gasteiger charge is -2.29.